The van der Waals surface area contributed by atoms with Gasteiger partial charge in [0.25, 0.3) is 0 Å². The van der Waals surface area contributed by atoms with Crippen LogP contribution >= 0.6 is 0 Å². The van der Waals surface area contributed by atoms with E-state index in [2.05, 4.69) is 28.5 Å². The van der Waals surface area contributed by atoms with Gasteiger partial charge in [-0.05, 0) is 18.2 Å². The van der Waals surface area contributed by atoms with Crippen LogP contribution in [0.1, 0.15) is 6.92 Å². The van der Waals surface area contributed by atoms with E-state index >= 15 is 0 Å². The number of nitrogens with zero attached hydrogens (tertiary/aromatic N) is 4. The number of rotatable bonds is 3. The first-order valence-electron chi connectivity index (χ1n) is 7.55. The van der Waals surface area contributed by atoms with Crippen molar-refractivity contribution in [2.75, 3.05) is 13.1 Å². The second-order valence-electron chi connectivity index (χ2n) is 5.89. The van der Waals surface area contributed by atoms with Crippen molar-refractivity contribution in [1.29, 1.82) is 0 Å². The van der Waals surface area contributed by atoms with Gasteiger partial charge in [-0.2, -0.15) is 10.2 Å². The smallest absolute Gasteiger partial charge is 0.165 e. The van der Waals surface area contributed by atoms with Gasteiger partial charge in [-0.25, -0.2) is 4.52 Å². The average molecular weight is 297 g/mol. The molecule has 0 amide bonds. The van der Waals surface area contributed by atoms with Gasteiger partial charge in [-0.15, -0.1) is 0 Å². The lowest BCUT2D eigenvalue weighted by Crippen LogP contribution is -2.24. The number of fused-ring (bicyclic) bond motifs is 1. The van der Waals surface area contributed by atoms with Gasteiger partial charge >= 0.3 is 0 Å². The molecular formula is C16H19N5O. The molecule has 0 saturated carbocycles. The fourth-order valence-corrected chi connectivity index (χ4v) is 3.01. The third-order valence-electron chi connectivity index (χ3n) is 4.30. The number of pyridine rings is 1. The van der Waals surface area contributed by atoms with Crippen LogP contribution in [0.15, 0.2) is 36.8 Å². The first kappa shape index (κ1) is 13.3. The molecule has 4 rings (SSSR count). The first-order valence-corrected chi connectivity index (χ1v) is 7.55. The summed E-state index contributed by atoms with van der Waals surface area (Å²) in [5.74, 6) is 1.34. The highest BCUT2D eigenvalue weighted by molar-refractivity contribution is 5.70. The van der Waals surface area contributed by atoms with Crippen LogP contribution < -0.4 is 10.1 Å². The summed E-state index contributed by atoms with van der Waals surface area (Å²) in [5, 5.41) is 12.0. The summed E-state index contributed by atoms with van der Waals surface area (Å²) in [6.07, 6.45) is 5.76. The first-order chi connectivity index (χ1) is 10.7. The molecule has 6 nitrogen and oxygen atoms in total. The summed E-state index contributed by atoms with van der Waals surface area (Å²) in [7, 11) is 1.94. The lowest BCUT2D eigenvalue weighted by atomic mass is 10.1. The van der Waals surface area contributed by atoms with Gasteiger partial charge in [0, 0.05) is 44.0 Å². The standard InChI is InChI=1S/C16H19N5O/c1-11-8-17-9-14(11)22-15-10-19-20(2)16(15)12-4-6-21-13(7-12)3-5-18-21/h3-7,10-11,14,17H,8-9H2,1-2H3. The fourth-order valence-electron chi connectivity index (χ4n) is 3.01. The highest BCUT2D eigenvalue weighted by Gasteiger charge is 2.26. The molecule has 1 aliphatic rings. The lowest BCUT2D eigenvalue weighted by molar-refractivity contribution is 0.183. The van der Waals surface area contributed by atoms with Gasteiger partial charge < -0.3 is 10.1 Å². The molecule has 0 aromatic carbocycles. The quantitative estimate of drug-likeness (QED) is 0.800. The Morgan fingerprint density at radius 1 is 1.27 bits per heavy atom. The molecule has 2 unspecified atom stereocenters. The monoisotopic (exact) mass is 297 g/mol. The molecule has 1 N–H and O–H groups in total. The zero-order chi connectivity index (χ0) is 15.1. The van der Waals surface area contributed by atoms with E-state index in [1.165, 1.54) is 0 Å². The van der Waals surface area contributed by atoms with Crippen LogP contribution in [0.4, 0.5) is 0 Å². The van der Waals surface area contributed by atoms with Crippen LogP contribution in [0.5, 0.6) is 5.75 Å². The SMILES string of the molecule is CC1CNCC1Oc1cnn(C)c1-c1ccn2nccc2c1. The van der Waals surface area contributed by atoms with E-state index in [1.807, 2.05) is 34.6 Å². The predicted molar refractivity (Wildman–Crippen MR) is 83.8 cm³/mol. The minimum absolute atomic E-state index is 0.196. The van der Waals surface area contributed by atoms with Crippen LogP contribution in [0.3, 0.4) is 0 Å². The number of aryl methyl sites for hydroxylation is 1. The maximum Gasteiger partial charge on any atom is 0.165 e. The van der Waals surface area contributed by atoms with Gasteiger partial charge in [-0.3, -0.25) is 4.68 Å². The van der Waals surface area contributed by atoms with Crippen molar-refractivity contribution >= 4 is 5.52 Å². The average Bonchev–Trinajstić information content (AvgIpc) is 3.21. The maximum atomic E-state index is 6.22. The number of nitrogens with one attached hydrogen (secondary N) is 1. The summed E-state index contributed by atoms with van der Waals surface area (Å²) in [6, 6.07) is 6.14. The van der Waals surface area contributed by atoms with Gasteiger partial charge in [-0.1, -0.05) is 6.92 Å². The summed E-state index contributed by atoms with van der Waals surface area (Å²) in [6.45, 7) is 4.10. The molecule has 22 heavy (non-hydrogen) atoms. The van der Waals surface area contributed by atoms with E-state index in [0.29, 0.717) is 5.92 Å². The number of hydrogen-bond acceptors (Lipinski definition) is 4. The number of hydrogen-bond donors (Lipinski definition) is 1. The maximum absolute atomic E-state index is 6.22. The van der Waals surface area contributed by atoms with Crippen molar-refractivity contribution in [2.24, 2.45) is 13.0 Å². The van der Waals surface area contributed by atoms with E-state index < -0.39 is 0 Å². The Kier molecular flexibility index (Phi) is 3.11. The van der Waals surface area contributed by atoms with Crippen molar-refractivity contribution < 1.29 is 4.74 Å². The second-order valence-corrected chi connectivity index (χ2v) is 5.89. The summed E-state index contributed by atoms with van der Waals surface area (Å²) in [4.78, 5) is 0. The number of ether oxygens (including phenoxy) is 1. The highest BCUT2D eigenvalue weighted by Crippen LogP contribution is 2.31. The van der Waals surface area contributed by atoms with E-state index in [9.17, 15) is 0 Å². The van der Waals surface area contributed by atoms with Crippen molar-refractivity contribution in [3.8, 4) is 17.0 Å². The summed E-state index contributed by atoms with van der Waals surface area (Å²) >= 11 is 0. The minimum Gasteiger partial charge on any atom is -0.485 e. The molecule has 3 aromatic heterocycles. The van der Waals surface area contributed by atoms with Crippen molar-refractivity contribution in [2.45, 2.75) is 13.0 Å². The third-order valence-corrected chi connectivity index (χ3v) is 4.30. The zero-order valence-electron chi connectivity index (χ0n) is 12.7. The van der Waals surface area contributed by atoms with E-state index in [0.717, 1.165) is 35.6 Å². The van der Waals surface area contributed by atoms with Crippen molar-refractivity contribution in [1.82, 2.24) is 24.7 Å². The second kappa shape index (κ2) is 5.14. The van der Waals surface area contributed by atoms with Gasteiger partial charge in [0.15, 0.2) is 5.75 Å². The third kappa shape index (κ3) is 2.16. The Hall–Kier alpha value is -2.34. The molecule has 4 heterocycles. The molecule has 1 aliphatic heterocycles. The molecule has 114 valence electrons. The van der Waals surface area contributed by atoms with Crippen LogP contribution in [-0.4, -0.2) is 38.6 Å². The molecular weight excluding hydrogens is 278 g/mol. The van der Waals surface area contributed by atoms with E-state index in [-0.39, 0.29) is 6.10 Å². The molecule has 0 radical (unpaired) electrons. The molecule has 3 aromatic rings. The van der Waals surface area contributed by atoms with E-state index in [1.54, 1.807) is 12.4 Å². The zero-order valence-corrected chi connectivity index (χ0v) is 12.7. The van der Waals surface area contributed by atoms with E-state index in [4.69, 9.17) is 4.74 Å². The van der Waals surface area contributed by atoms with Crippen LogP contribution in [0.25, 0.3) is 16.8 Å². The topological polar surface area (TPSA) is 56.4 Å². The molecule has 2 atom stereocenters. The fraction of sp³-hybridized carbons (Fsp3) is 0.375. The summed E-state index contributed by atoms with van der Waals surface area (Å²) in [5.41, 5.74) is 3.14. The lowest BCUT2D eigenvalue weighted by Gasteiger charge is -2.17. The van der Waals surface area contributed by atoms with Gasteiger partial charge in [0.2, 0.25) is 0 Å². The molecule has 0 bridgehead atoms. The number of aromatic nitrogens is 4. The molecule has 1 saturated heterocycles. The van der Waals surface area contributed by atoms with Gasteiger partial charge in [0.05, 0.1) is 11.7 Å². The molecule has 0 spiro atoms. The van der Waals surface area contributed by atoms with Crippen molar-refractivity contribution in [3.05, 3.63) is 36.8 Å². The Bertz CT molecular complexity index is 806. The van der Waals surface area contributed by atoms with Gasteiger partial charge in [0.1, 0.15) is 11.8 Å². The molecule has 1 fully saturated rings. The predicted octanol–water partition coefficient (Wildman–Crippen LogP) is 1.72. The molecule has 6 heteroatoms. The Morgan fingerprint density at radius 3 is 3.00 bits per heavy atom. The Morgan fingerprint density at radius 2 is 2.18 bits per heavy atom. The molecule has 0 aliphatic carbocycles. The van der Waals surface area contributed by atoms with Crippen LogP contribution in [-0.2, 0) is 7.05 Å². The Balaban J connectivity index is 1.72. The normalized spacial score (nSPS) is 21.5. The largest absolute Gasteiger partial charge is 0.485 e. The van der Waals surface area contributed by atoms with Crippen molar-refractivity contribution in [3.63, 3.8) is 0 Å². The summed E-state index contributed by atoms with van der Waals surface area (Å²) < 4.78 is 9.94. The minimum atomic E-state index is 0.196. The van der Waals surface area contributed by atoms with Crippen LogP contribution in [0, 0.1) is 5.92 Å². The highest BCUT2D eigenvalue weighted by atomic mass is 16.5. The van der Waals surface area contributed by atoms with Crippen LogP contribution in [0.2, 0.25) is 0 Å². The Labute approximate surface area is 128 Å².